The molecule has 15 heavy (non-hydrogen) atoms. The maximum absolute atomic E-state index is 13.3. The van der Waals surface area contributed by atoms with Gasteiger partial charge in [-0.3, -0.25) is 0 Å². The Bertz CT molecular complexity index is 313. The molecular weight excluding hydrogens is 226 g/mol. The molecular formula is C9H13ClF2N2O. The summed E-state index contributed by atoms with van der Waals surface area (Å²) in [4.78, 5) is 0. The molecule has 1 rings (SSSR count). The zero-order valence-electron chi connectivity index (χ0n) is 8.17. The molecule has 1 aromatic carbocycles. The Kier molecular flexibility index (Phi) is 5.49. The number of rotatable bonds is 3. The fourth-order valence-electron chi connectivity index (χ4n) is 1.15. The average Bonchev–Trinajstić information content (AvgIpc) is 2.16. The third kappa shape index (κ3) is 3.02. The lowest BCUT2D eigenvalue weighted by atomic mass is 10.1. The Balaban J connectivity index is 0.00000196. The highest BCUT2D eigenvalue weighted by atomic mass is 35.5. The van der Waals surface area contributed by atoms with Crippen LogP contribution in [0.5, 0.6) is 5.75 Å². The quantitative estimate of drug-likeness (QED) is 0.836. The zero-order valence-corrected chi connectivity index (χ0v) is 8.98. The van der Waals surface area contributed by atoms with Crippen LogP contribution < -0.4 is 16.2 Å². The molecule has 0 spiro atoms. The van der Waals surface area contributed by atoms with Crippen molar-refractivity contribution in [3.05, 3.63) is 29.3 Å². The van der Waals surface area contributed by atoms with Crippen molar-refractivity contribution in [2.45, 2.75) is 6.04 Å². The van der Waals surface area contributed by atoms with E-state index < -0.39 is 17.7 Å². The minimum Gasteiger partial charge on any atom is -0.497 e. The SMILES string of the molecule is COc1cc(F)c([C@@H](N)CN)c(F)c1.Cl. The topological polar surface area (TPSA) is 61.3 Å². The second kappa shape index (κ2) is 5.85. The first-order chi connectivity index (χ1) is 6.60. The molecule has 3 nitrogen and oxygen atoms in total. The molecule has 1 atom stereocenters. The smallest absolute Gasteiger partial charge is 0.134 e. The zero-order chi connectivity index (χ0) is 10.7. The van der Waals surface area contributed by atoms with Crippen molar-refractivity contribution in [2.24, 2.45) is 11.5 Å². The number of methoxy groups -OCH3 is 1. The molecule has 0 radical (unpaired) electrons. The molecule has 0 unspecified atom stereocenters. The molecule has 0 aromatic heterocycles. The predicted octanol–water partition coefficient (Wildman–Crippen LogP) is 1.35. The molecule has 0 heterocycles. The highest BCUT2D eigenvalue weighted by Crippen LogP contribution is 2.23. The molecule has 0 bridgehead atoms. The van der Waals surface area contributed by atoms with Crippen LogP contribution in [-0.2, 0) is 0 Å². The second-order valence-electron chi connectivity index (χ2n) is 2.85. The summed E-state index contributed by atoms with van der Waals surface area (Å²) in [5.41, 5.74) is 10.5. The van der Waals surface area contributed by atoms with Crippen LogP contribution in [0.2, 0.25) is 0 Å². The highest BCUT2D eigenvalue weighted by molar-refractivity contribution is 5.85. The summed E-state index contributed by atoms with van der Waals surface area (Å²) in [7, 11) is 1.33. The monoisotopic (exact) mass is 238 g/mol. The van der Waals surface area contributed by atoms with E-state index in [0.717, 1.165) is 12.1 Å². The van der Waals surface area contributed by atoms with Gasteiger partial charge in [0.25, 0.3) is 0 Å². The van der Waals surface area contributed by atoms with Gasteiger partial charge in [-0.05, 0) is 0 Å². The van der Waals surface area contributed by atoms with Gasteiger partial charge >= 0.3 is 0 Å². The van der Waals surface area contributed by atoms with E-state index in [9.17, 15) is 8.78 Å². The van der Waals surface area contributed by atoms with Crippen LogP contribution in [-0.4, -0.2) is 13.7 Å². The van der Waals surface area contributed by atoms with E-state index in [-0.39, 0.29) is 30.3 Å². The van der Waals surface area contributed by atoms with Gasteiger partial charge in [-0.15, -0.1) is 12.4 Å². The molecule has 6 heteroatoms. The Hall–Kier alpha value is -0.910. The van der Waals surface area contributed by atoms with Crippen molar-refractivity contribution in [1.29, 1.82) is 0 Å². The fraction of sp³-hybridized carbons (Fsp3) is 0.333. The number of halogens is 3. The summed E-state index contributed by atoms with van der Waals surface area (Å²) in [5, 5.41) is 0. The van der Waals surface area contributed by atoms with Gasteiger partial charge in [-0.2, -0.15) is 0 Å². The lowest BCUT2D eigenvalue weighted by molar-refractivity contribution is 0.403. The first kappa shape index (κ1) is 14.1. The van der Waals surface area contributed by atoms with Gasteiger partial charge in [0.15, 0.2) is 0 Å². The Labute approximate surface area is 92.8 Å². The van der Waals surface area contributed by atoms with Crippen molar-refractivity contribution >= 4 is 12.4 Å². The van der Waals surface area contributed by atoms with E-state index >= 15 is 0 Å². The lowest BCUT2D eigenvalue weighted by Gasteiger charge is -2.12. The molecule has 0 aliphatic heterocycles. The van der Waals surface area contributed by atoms with Gasteiger partial charge in [-0.1, -0.05) is 0 Å². The molecule has 0 fully saturated rings. The molecule has 1 aromatic rings. The summed E-state index contributed by atoms with van der Waals surface area (Å²) in [6, 6.07) is 1.32. The summed E-state index contributed by atoms with van der Waals surface area (Å²) in [6.07, 6.45) is 0. The lowest BCUT2D eigenvalue weighted by Crippen LogP contribution is -2.23. The van der Waals surface area contributed by atoms with E-state index in [1.54, 1.807) is 0 Å². The summed E-state index contributed by atoms with van der Waals surface area (Å²) in [6.45, 7) is -0.0137. The van der Waals surface area contributed by atoms with E-state index in [0.29, 0.717) is 0 Å². The van der Waals surface area contributed by atoms with Crippen molar-refractivity contribution in [2.75, 3.05) is 13.7 Å². The standard InChI is InChI=1S/C9H12F2N2O.ClH/c1-14-5-2-6(10)9(7(11)3-5)8(13)4-12;/h2-3,8H,4,12-13H2,1H3;1H/t8-;/m0./s1. The Morgan fingerprint density at radius 1 is 1.33 bits per heavy atom. The molecule has 0 saturated heterocycles. The normalized spacial score (nSPS) is 11.8. The maximum atomic E-state index is 13.3. The number of ether oxygens (including phenoxy) is 1. The fourth-order valence-corrected chi connectivity index (χ4v) is 1.15. The first-order valence-corrected chi connectivity index (χ1v) is 4.08. The minimum absolute atomic E-state index is 0. The van der Waals surface area contributed by atoms with Crippen molar-refractivity contribution in [1.82, 2.24) is 0 Å². The Morgan fingerprint density at radius 3 is 2.13 bits per heavy atom. The summed E-state index contributed by atoms with van der Waals surface area (Å²) in [5.74, 6) is -1.35. The third-order valence-electron chi connectivity index (χ3n) is 1.91. The number of nitrogens with two attached hydrogens (primary N) is 2. The van der Waals surface area contributed by atoms with Crippen LogP contribution in [0, 0.1) is 11.6 Å². The highest BCUT2D eigenvalue weighted by Gasteiger charge is 2.16. The van der Waals surface area contributed by atoms with Gasteiger partial charge in [0.2, 0.25) is 0 Å². The number of hydrogen-bond acceptors (Lipinski definition) is 3. The van der Waals surface area contributed by atoms with Crippen molar-refractivity contribution in [3.63, 3.8) is 0 Å². The molecule has 0 amide bonds. The molecule has 0 aliphatic rings. The van der Waals surface area contributed by atoms with E-state index in [2.05, 4.69) is 0 Å². The van der Waals surface area contributed by atoms with Crippen LogP contribution in [0.4, 0.5) is 8.78 Å². The van der Waals surface area contributed by atoms with Gasteiger partial charge < -0.3 is 16.2 Å². The van der Waals surface area contributed by atoms with Crippen LogP contribution in [0.25, 0.3) is 0 Å². The minimum atomic E-state index is -0.832. The third-order valence-corrected chi connectivity index (χ3v) is 1.91. The van der Waals surface area contributed by atoms with Gasteiger partial charge in [0.05, 0.1) is 7.11 Å². The largest absolute Gasteiger partial charge is 0.497 e. The second-order valence-corrected chi connectivity index (χ2v) is 2.85. The molecule has 86 valence electrons. The van der Waals surface area contributed by atoms with Crippen LogP contribution >= 0.6 is 12.4 Å². The van der Waals surface area contributed by atoms with Crippen LogP contribution in [0.1, 0.15) is 11.6 Å². The van der Waals surface area contributed by atoms with E-state index in [1.165, 1.54) is 7.11 Å². The summed E-state index contributed by atoms with van der Waals surface area (Å²) < 4.78 is 31.3. The number of benzene rings is 1. The predicted molar refractivity (Wildman–Crippen MR) is 56.1 cm³/mol. The van der Waals surface area contributed by atoms with Crippen LogP contribution in [0.3, 0.4) is 0 Å². The molecule has 0 aliphatic carbocycles. The Morgan fingerprint density at radius 2 is 1.80 bits per heavy atom. The average molecular weight is 239 g/mol. The van der Waals surface area contributed by atoms with Gasteiger partial charge in [0.1, 0.15) is 17.4 Å². The van der Waals surface area contributed by atoms with Gasteiger partial charge in [-0.25, -0.2) is 8.78 Å². The van der Waals surface area contributed by atoms with E-state index in [1.807, 2.05) is 0 Å². The summed E-state index contributed by atoms with van der Waals surface area (Å²) >= 11 is 0. The first-order valence-electron chi connectivity index (χ1n) is 4.08. The van der Waals surface area contributed by atoms with Gasteiger partial charge in [0, 0.05) is 30.3 Å². The number of hydrogen-bond donors (Lipinski definition) is 2. The van der Waals surface area contributed by atoms with Crippen LogP contribution in [0.15, 0.2) is 12.1 Å². The van der Waals surface area contributed by atoms with Crippen molar-refractivity contribution < 1.29 is 13.5 Å². The molecule has 4 N–H and O–H groups in total. The van der Waals surface area contributed by atoms with Crippen molar-refractivity contribution in [3.8, 4) is 5.75 Å². The maximum Gasteiger partial charge on any atom is 0.134 e. The van der Waals surface area contributed by atoms with E-state index in [4.69, 9.17) is 16.2 Å². The molecule has 0 saturated carbocycles.